The summed E-state index contributed by atoms with van der Waals surface area (Å²) in [5.41, 5.74) is 1.06. The average Bonchev–Trinajstić information content (AvgIpc) is 2.72. The van der Waals surface area contributed by atoms with Crippen molar-refractivity contribution in [3.63, 3.8) is 0 Å². The highest BCUT2D eigenvalue weighted by atomic mass is 16.5. The zero-order valence-corrected chi connectivity index (χ0v) is 17.4. The van der Waals surface area contributed by atoms with Gasteiger partial charge in [0.15, 0.2) is 5.78 Å². The lowest BCUT2D eigenvalue weighted by atomic mass is 10.0. The number of hydrogen-bond acceptors (Lipinski definition) is 4. The highest BCUT2D eigenvalue weighted by molar-refractivity contribution is 6.10. The largest absolute Gasteiger partial charge is 0.507 e. The topological polar surface area (TPSA) is 63.6 Å². The summed E-state index contributed by atoms with van der Waals surface area (Å²) in [6, 6.07) is 14.3. The molecule has 0 aliphatic rings. The fourth-order valence-corrected chi connectivity index (χ4v) is 3.29. The first-order chi connectivity index (χ1) is 14.1. The summed E-state index contributed by atoms with van der Waals surface area (Å²) >= 11 is 0. The number of aromatic hydroxyl groups is 1. The highest BCUT2D eigenvalue weighted by Crippen LogP contribution is 2.30. The number of carbonyl (C=O) groups excluding carboxylic acids is 2. The van der Waals surface area contributed by atoms with Crippen LogP contribution >= 0.6 is 0 Å². The van der Waals surface area contributed by atoms with E-state index in [4.69, 9.17) is 4.74 Å². The zero-order chi connectivity index (χ0) is 20.9. The monoisotopic (exact) mass is 396 g/mol. The van der Waals surface area contributed by atoms with Gasteiger partial charge in [-0.1, -0.05) is 81.8 Å². The van der Waals surface area contributed by atoms with Crippen LogP contribution in [0.3, 0.4) is 0 Å². The van der Waals surface area contributed by atoms with E-state index in [2.05, 4.69) is 6.92 Å². The molecule has 1 N–H and O–H groups in total. The van der Waals surface area contributed by atoms with Crippen molar-refractivity contribution in [3.05, 3.63) is 59.7 Å². The number of Topliss-reactive ketones (excluding diaryl/α,β-unsaturated/α-hetero) is 2. The molecule has 0 aliphatic heterocycles. The molecule has 0 bridgehead atoms. The van der Waals surface area contributed by atoms with E-state index in [9.17, 15) is 14.7 Å². The quantitative estimate of drug-likeness (QED) is 0.233. The van der Waals surface area contributed by atoms with E-state index in [-0.39, 0.29) is 35.9 Å². The number of benzene rings is 2. The van der Waals surface area contributed by atoms with Crippen molar-refractivity contribution in [1.82, 2.24) is 0 Å². The summed E-state index contributed by atoms with van der Waals surface area (Å²) in [6.45, 7) is 2.48. The number of unbranched alkanes of at least 4 members (excludes halogenated alkanes) is 6. The molecule has 2 aromatic carbocycles. The van der Waals surface area contributed by atoms with Gasteiger partial charge in [-0.2, -0.15) is 0 Å². The first-order valence-corrected chi connectivity index (χ1v) is 10.7. The van der Waals surface area contributed by atoms with Crippen LogP contribution in [-0.2, 0) is 11.4 Å². The second-order valence-electron chi connectivity index (χ2n) is 7.43. The van der Waals surface area contributed by atoms with Crippen molar-refractivity contribution in [2.75, 3.05) is 0 Å². The molecule has 2 rings (SSSR count). The normalized spacial score (nSPS) is 10.7. The van der Waals surface area contributed by atoms with Gasteiger partial charge in [0, 0.05) is 6.42 Å². The maximum absolute atomic E-state index is 12.7. The second-order valence-corrected chi connectivity index (χ2v) is 7.43. The SMILES string of the molecule is CCCCCCCCCC(=O)CC(=O)c1c(O)cccc1OCc1ccccc1. The van der Waals surface area contributed by atoms with Gasteiger partial charge in [0.05, 0.1) is 6.42 Å². The third-order valence-corrected chi connectivity index (χ3v) is 4.94. The molecule has 0 amide bonds. The van der Waals surface area contributed by atoms with E-state index in [1.54, 1.807) is 12.1 Å². The minimum atomic E-state index is -0.390. The van der Waals surface area contributed by atoms with Crippen molar-refractivity contribution in [1.29, 1.82) is 0 Å². The van der Waals surface area contributed by atoms with Gasteiger partial charge < -0.3 is 9.84 Å². The van der Waals surface area contributed by atoms with Crippen molar-refractivity contribution in [2.45, 2.75) is 71.3 Å². The first kappa shape index (κ1) is 22.7. The second kappa shape index (κ2) is 12.8. The van der Waals surface area contributed by atoms with Gasteiger partial charge in [-0.15, -0.1) is 0 Å². The van der Waals surface area contributed by atoms with E-state index < -0.39 is 0 Å². The molecule has 156 valence electrons. The van der Waals surface area contributed by atoms with Crippen LogP contribution in [0.15, 0.2) is 48.5 Å². The molecule has 29 heavy (non-hydrogen) atoms. The number of phenolic OH excluding ortho intramolecular Hbond substituents is 1. The Kier molecular flexibility index (Phi) is 9.98. The van der Waals surface area contributed by atoms with Crippen molar-refractivity contribution in [2.24, 2.45) is 0 Å². The van der Waals surface area contributed by atoms with E-state index in [1.165, 1.54) is 31.7 Å². The van der Waals surface area contributed by atoms with Gasteiger partial charge in [0.25, 0.3) is 0 Å². The van der Waals surface area contributed by atoms with E-state index in [1.807, 2.05) is 30.3 Å². The molecule has 0 heterocycles. The molecule has 0 atom stereocenters. The van der Waals surface area contributed by atoms with Gasteiger partial charge in [-0.05, 0) is 24.1 Å². The molecule has 0 aliphatic carbocycles. The van der Waals surface area contributed by atoms with Gasteiger partial charge in [0.2, 0.25) is 0 Å². The predicted molar refractivity (Wildman–Crippen MR) is 115 cm³/mol. The van der Waals surface area contributed by atoms with E-state index >= 15 is 0 Å². The number of ketones is 2. The lowest BCUT2D eigenvalue weighted by Gasteiger charge is -2.12. The predicted octanol–water partition coefficient (Wildman–Crippen LogP) is 6.25. The molecule has 4 heteroatoms. The molecular weight excluding hydrogens is 364 g/mol. The maximum Gasteiger partial charge on any atom is 0.177 e. The Morgan fingerprint density at radius 3 is 2.28 bits per heavy atom. The Bertz CT molecular complexity index is 768. The number of rotatable bonds is 14. The molecule has 0 aromatic heterocycles. The van der Waals surface area contributed by atoms with E-state index in [0.29, 0.717) is 12.2 Å². The third-order valence-electron chi connectivity index (χ3n) is 4.94. The highest BCUT2D eigenvalue weighted by Gasteiger charge is 2.20. The van der Waals surface area contributed by atoms with Crippen molar-refractivity contribution >= 4 is 11.6 Å². The maximum atomic E-state index is 12.7. The molecule has 0 fully saturated rings. The van der Waals surface area contributed by atoms with Crippen LogP contribution in [0.4, 0.5) is 0 Å². The van der Waals surface area contributed by atoms with Gasteiger partial charge >= 0.3 is 0 Å². The summed E-state index contributed by atoms with van der Waals surface area (Å²) < 4.78 is 5.76. The molecule has 0 spiro atoms. The summed E-state index contributed by atoms with van der Waals surface area (Å²) in [4.78, 5) is 24.9. The Balaban J connectivity index is 1.85. The van der Waals surface area contributed by atoms with E-state index in [0.717, 1.165) is 24.8 Å². The summed E-state index contributed by atoms with van der Waals surface area (Å²) in [5.74, 6) is -0.313. The Morgan fingerprint density at radius 1 is 0.862 bits per heavy atom. The number of carbonyl (C=O) groups is 2. The molecular formula is C25H32O4. The Morgan fingerprint density at radius 2 is 1.55 bits per heavy atom. The molecule has 0 saturated carbocycles. The van der Waals surface area contributed by atoms with Crippen LogP contribution in [-0.4, -0.2) is 16.7 Å². The van der Waals surface area contributed by atoms with Crippen LogP contribution in [0, 0.1) is 0 Å². The van der Waals surface area contributed by atoms with Crippen LogP contribution in [0.1, 0.15) is 80.6 Å². The van der Waals surface area contributed by atoms with Crippen LogP contribution in [0.2, 0.25) is 0 Å². The Hall–Kier alpha value is -2.62. The Labute approximate surface area is 173 Å². The molecule has 2 aromatic rings. The van der Waals surface area contributed by atoms with Gasteiger partial charge in [-0.3, -0.25) is 9.59 Å². The summed E-state index contributed by atoms with van der Waals surface area (Å²) in [5, 5.41) is 10.2. The fraction of sp³-hybridized carbons (Fsp3) is 0.440. The van der Waals surface area contributed by atoms with Gasteiger partial charge in [0.1, 0.15) is 29.5 Å². The van der Waals surface area contributed by atoms with Crippen LogP contribution in [0.25, 0.3) is 0 Å². The minimum absolute atomic E-state index is 0.0826. The lowest BCUT2D eigenvalue weighted by Crippen LogP contribution is -2.10. The summed E-state index contributed by atoms with van der Waals surface area (Å²) in [6.07, 6.45) is 8.14. The number of ether oxygens (including phenoxy) is 1. The number of hydrogen-bond donors (Lipinski definition) is 1. The average molecular weight is 397 g/mol. The van der Waals surface area contributed by atoms with Crippen molar-refractivity contribution in [3.8, 4) is 11.5 Å². The zero-order valence-electron chi connectivity index (χ0n) is 17.4. The first-order valence-electron chi connectivity index (χ1n) is 10.7. The third kappa shape index (κ3) is 8.10. The molecule has 0 saturated heterocycles. The summed E-state index contributed by atoms with van der Waals surface area (Å²) in [7, 11) is 0. The van der Waals surface area contributed by atoms with Crippen molar-refractivity contribution < 1.29 is 19.4 Å². The minimum Gasteiger partial charge on any atom is -0.507 e. The van der Waals surface area contributed by atoms with Crippen LogP contribution in [0.5, 0.6) is 11.5 Å². The molecule has 0 unspecified atom stereocenters. The van der Waals surface area contributed by atoms with Crippen LogP contribution < -0.4 is 4.74 Å². The lowest BCUT2D eigenvalue weighted by molar-refractivity contribution is -0.118. The standard InChI is InChI=1S/C25H32O4/c1-2-3-4-5-6-7-11-15-21(26)18-23(28)25-22(27)16-12-17-24(25)29-19-20-13-9-8-10-14-20/h8-10,12-14,16-17,27H,2-7,11,15,18-19H2,1H3. The smallest absolute Gasteiger partial charge is 0.177 e. The molecule has 4 nitrogen and oxygen atoms in total. The number of phenols is 1. The fourth-order valence-electron chi connectivity index (χ4n) is 3.29. The molecule has 0 radical (unpaired) electrons. The van der Waals surface area contributed by atoms with Gasteiger partial charge in [-0.25, -0.2) is 0 Å².